The number of ether oxygens (including phenoxy) is 1. The minimum Gasteiger partial charge on any atom is -0.379 e. The fourth-order valence-corrected chi connectivity index (χ4v) is 4.27. The summed E-state index contributed by atoms with van der Waals surface area (Å²) in [5, 5.41) is 4.04. The first-order valence-electron chi connectivity index (χ1n) is 7.52. The Morgan fingerprint density at radius 1 is 1.29 bits per heavy atom. The van der Waals surface area contributed by atoms with Gasteiger partial charge in [0.05, 0.1) is 29.3 Å². The maximum Gasteiger partial charge on any atom is 0.224 e. The van der Waals surface area contributed by atoms with E-state index in [1.165, 1.54) is 17.7 Å². The summed E-state index contributed by atoms with van der Waals surface area (Å²) in [6, 6.07) is 0. The molecule has 0 spiro atoms. The largest absolute Gasteiger partial charge is 0.379 e. The van der Waals surface area contributed by atoms with E-state index in [4.69, 9.17) is 16.3 Å². The van der Waals surface area contributed by atoms with Crippen molar-refractivity contribution in [2.45, 2.75) is 29.7 Å². The van der Waals surface area contributed by atoms with Crippen LogP contribution < -0.4 is 5.32 Å². The van der Waals surface area contributed by atoms with Crippen LogP contribution in [0.3, 0.4) is 0 Å². The summed E-state index contributed by atoms with van der Waals surface area (Å²) in [4.78, 5) is 12.5. The zero-order valence-corrected chi connectivity index (χ0v) is 13.5. The summed E-state index contributed by atoms with van der Waals surface area (Å²) >= 11 is 7.91. The first kappa shape index (κ1) is 14.1. The third-order valence-corrected chi connectivity index (χ3v) is 5.66. The van der Waals surface area contributed by atoms with Gasteiger partial charge in [0.2, 0.25) is 5.28 Å². The van der Waals surface area contributed by atoms with Gasteiger partial charge in [-0.25, -0.2) is 4.98 Å². The lowest BCUT2D eigenvalue weighted by molar-refractivity contribution is 0.0350. The van der Waals surface area contributed by atoms with Crippen molar-refractivity contribution in [2.24, 2.45) is 0 Å². The second-order valence-electron chi connectivity index (χ2n) is 6.01. The van der Waals surface area contributed by atoms with Gasteiger partial charge in [0.1, 0.15) is 5.82 Å². The lowest BCUT2D eigenvalue weighted by Crippen LogP contribution is -2.44. The third kappa shape index (κ3) is 2.99. The van der Waals surface area contributed by atoms with Crippen molar-refractivity contribution in [2.75, 3.05) is 43.9 Å². The molecule has 5 nitrogen and oxygen atoms in total. The average molecular weight is 327 g/mol. The second kappa shape index (κ2) is 5.57. The summed E-state index contributed by atoms with van der Waals surface area (Å²) in [7, 11) is 0. The highest BCUT2D eigenvalue weighted by Crippen LogP contribution is 2.43. The van der Waals surface area contributed by atoms with Crippen LogP contribution in [0.15, 0.2) is 4.90 Å². The Kier molecular flexibility index (Phi) is 3.73. The monoisotopic (exact) mass is 326 g/mol. The molecule has 114 valence electrons. The molecule has 4 rings (SSSR count). The SMILES string of the molecule is Clc1nc2c(c(NC3(CN4CCOCC4)CC3)n1)SCC2. The molecule has 3 aliphatic rings. The molecule has 1 aliphatic carbocycles. The number of aryl methyl sites for hydroxylation is 1. The van der Waals surface area contributed by atoms with E-state index in [9.17, 15) is 0 Å². The number of halogens is 1. The number of thioether (sulfide) groups is 1. The molecular formula is C14H19ClN4OS. The number of anilines is 1. The molecule has 0 bridgehead atoms. The van der Waals surface area contributed by atoms with Crippen molar-refractivity contribution in [3.8, 4) is 0 Å². The molecule has 0 unspecified atom stereocenters. The second-order valence-corrected chi connectivity index (χ2v) is 7.45. The molecule has 1 aromatic rings. The maximum atomic E-state index is 6.07. The molecule has 2 aliphatic heterocycles. The quantitative estimate of drug-likeness (QED) is 0.855. The van der Waals surface area contributed by atoms with Crippen molar-refractivity contribution in [3.63, 3.8) is 0 Å². The molecule has 2 fully saturated rings. The van der Waals surface area contributed by atoms with Crippen LogP contribution in [0.25, 0.3) is 0 Å². The number of nitrogens with one attached hydrogen (secondary N) is 1. The summed E-state index contributed by atoms with van der Waals surface area (Å²) in [5.41, 5.74) is 1.27. The van der Waals surface area contributed by atoms with Gasteiger partial charge in [0, 0.05) is 31.8 Å². The number of aromatic nitrogens is 2. The smallest absolute Gasteiger partial charge is 0.224 e. The van der Waals surface area contributed by atoms with Gasteiger partial charge >= 0.3 is 0 Å². The Bertz CT molecular complexity index is 546. The van der Waals surface area contributed by atoms with Gasteiger partial charge in [-0.3, -0.25) is 4.90 Å². The highest BCUT2D eigenvalue weighted by molar-refractivity contribution is 7.99. The minimum absolute atomic E-state index is 0.173. The number of rotatable bonds is 4. The Balaban J connectivity index is 1.50. The van der Waals surface area contributed by atoms with E-state index >= 15 is 0 Å². The van der Waals surface area contributed by atoms with Crippen molar-refractivity contribution in [3.05, 3.63) is 11.0 Å². The summed E-state index contributed by atoms with van der Waals surface area (Å²) in [6.07, 6.45) is 3.39. The van der Waals surface area contributed by atoms with E-state index < -0.39 is 0 Å². The van der Waals surface area contributed by atoms with Crippen LogP contribution in [0.4, 0.5) is 5.82 Å². The van der Waals surface area contributed by atoms with Crippen LogP contribution in [0, 0.1) is 0 Å². The molecule has 7 heteroatoms. The van der Waals surface area contributed by atoms with Crippen molar-refractivity contribution >= 4 is 29.2 Å². The van der Waals surface area contributed by atoms with Gasteiger partial charge in [0.15, 0.2) is 0 Å². The molecule has 1 aromatic heterocycles. The molecule has 21 heavy (non-hydrogen) atoms. The number of nitrogens with zero attached hydrogens (tertiary/aromatic N) is 3. The zero-order chi connectivity index (χ0) is 14.3. The van der Waals surface area contributed by atoms with Crippen LogP contribution >= 0.6 is 23.4 Å². The van der Waals surface area contributed by atoms with E-state index in [2.05, 4.69) is 20.2 Å². The fraction of sp³-hybridized carbons (Fsp3) is 0.714. The van der Waals surface area contributed by atoms with Crippen LogP contribution in [-0.4, -0.2) is 59.0 Å². The van der Waals surface area contributed by atoms with Gasteiger partial charge in [-0.15, -0.1) is 11.8 Å². The summed E-state index contributed by atoms with van der Waals surface area (Å²) < 4.78 is 5.43. The van der Waals surface area contributed by atoms with Crippen molar-refractivity contribution in [1.82, 2.24) is 14.9 Å². The Morgan fingerprint density at radius 2 is 2.10 bits per heavy atom. The summed E-state index contributed by atoms with van der Waals surface area (Å²) in [6.45, 7) is 4.82. The zero-order valence-electron chi connectivity index (χ0n) is 11.9. The maximum absolute atomic E-state index is 6.07. The van der Waals surface area contributed by atoms with E-state index in [1.54, 1.807) is 0 Å². The van der Waals surface area contributed by atoms with E-state index in [-0.39, 0.29) is 5.54 Å². The molecule has 3 heterocycles. The molecule has 1 saturated heterocycles. The van der Waals surface area contributed by atoms with Gasteiger partial charge in [-0.2, -0.15) is 4.98 Å². The Labute approximate surface area is 133 Å². The molecule has 0 aromatic carbocycles. The molecular weight excluding hydrogens is 308 g/mol. The number of morpholine rings is 1. The molecule has 1 saturated carbocycles. The van der Waals surface area contributed by atoms with Gasteiger partial charge in [-0.1, -0.05) is 0 Å². The van der Waals surface area contributed by atoms with Crippen LogP contribution in [0.5, 0.6) is 0 Å². The lowest BCUT2D eigenvalue weighted by atomic mass is 10.2. The number of hydrogen-bond acceptors (Lipinski definition) is 6. The Hall–Kier alpha value is -0.560. The van der Waals surface area contributed by atoms with Gasteiger partial charge in [0.25, 0.3) is 0 Å². The van der Waals surface area contributed by atoms with E-state index in [1.807, 2.05) is 11.8 Å². The van der Waals surface area contributed by atoms with E-state index in [0.29, 0.717) is 5.28 Å². The summed E-state index contributed by atoms with van der Waals surface area (Å²) in [5.74, 6) is 2.02. The third-order valence-electron chi connectivity index (χ3n) is 4.36. The van der Waals surface area contributed by atoms with Gasteiger partial charge in [-0.05, 0) is 24.4 Å². The highest BCUT2D eigenvalue weighted by atomic mass is 35.5. The van der Waals surface area contributed by atoms with Crippen LogP contribution in [-0.2, 0) is 11.2 Å². The molecule has 0 radical (unpaired) electrons. The normalized spacial score (nSPS) is 23.9. The topological polar surface area (TPSA) is 50.3 Å². The average Bonchev–Trinajstić information content (AvgIpc) is 3.05. The molecule has 0 amide bonds. The first-order chi connectivity index (χ1) is 10.2. The lowest BCUT2D eigenvalue weighted by Gasteiger charge is -2.31. The Morgan fingerprint density at radius 3 is 2.86 bits per heavy atom. The van der Waals surface area contributed by atoms with E-state index in [0.717, 1.165) is 56.5 Å². The highest BCUT2D eigenvalue weighted by Gasteiger charge is 2.45. The fourth-order valence-electron chi connectivity index (χ4n) is 3.03. The standard InChI is InChI=1S/C14H19ClN4OS/c15-13-16-10-1-8-21-11(10)12(17-13)18-14(2-3-14)9-19-4-6-20-7-5-19/h1-9H2,(H,16,17,18). The molecule has 1 N–H and O–H groups in total. The number of hydrogen-bond donors (Lipinski definition) is 1. The van der Waals surface area contributed by atoms with Crippen LogP contribution in [0.2, 0.25) is 5.28 Å². The first-order valence-corrected chi connectivity index (χ1v) is 8.88. The van der Waals surface area contributed by atoms with Crippen molar-refractivity contribution in [1.29, 1.82) is 0 Å². The number of fused-ring (bicyclic) bond motifs is 1. The molecule has 0 atom stereocenters. The predicted octanol–water partition coefficient (Wildman–Crippen LogP) is 2.05. The van der Waals surface area contributed by atoms with Gasteiger partial charge < -0.3 is 10.1 Å². The minimum atomic E-state index is 0.173. The van der Waals surface area contributed by atoms with Crippen LogP contribution in [0.1, 0.15) is 18.5 Å². The predicted molar refractivity (Wildman–Crippen MR) is 84.3 cm³/mol. The van der Waals surface area contributed by atoms with Crippen molar-refractivity contribution < 1.29 is 4.74 Å².